The summed E-state index contributed by atoms with van der Waals surface area (Å²) in [6, 6.07) is 8.77. The first-order valence-corrected chi connectivity index (χ1v) is 8.46. The zero-order valence-corrected chi connectivity index (χ0v) is 13.6. The highest BCUT2D eigenvalue weighted by Gasteiger charge is 2.38. The molecule has 3 nitrogen and oxygen atoms in total. The molecule has 1 fully saturated rings. The molecule has 1 saturated carbocycles. The molecule has 1 aliphatic carbocycles. The Morgan fingerprint density at radius 2 is 2.05 bits per heavy atom. The van der Waals surface area contributed by atoms with Gasteiger partial charge < -0.3 is 11.1 Å². The fourth-order valence-corrected chi connectivity index (χ4v) is 3.72. The summed E-state index contributed by atoms with van der Waals surface area (Å²) in [7, 11) is 0. The molecule has 0 amide bonds. The zero-order chi connectivity index (χ0) is 14.0. The number of rotatable bonds is 5. The Morgan fingerprint density at radius 3 is 2.60 bits per heavy atom. The number of halogens is 1. The van der Waals surface area contributed by atoms with E-state index >= 15 is 0 Å². The molecule has 2 aromatic rings. The SMILES string of the molecule is Nc1ncc(CNCC2(c3ccc(Br)cc3)CCC2)s1. The first kappa shape index (κ1) is 14.0. The maximum absolute atomic E-state index is 5.65. The van der Waals surface area contributed by atoms with E-state index in [2.05, 4.69) is 50.5 Å². The van der Waals surface area contributed by atoms with Crippen molar-refractivity contribution >= 4 is 32.4 Å². The zero-order valence-electron chi connectivity index (χ0n) is 11.2. The van der Waals surface area contributed by atoms with Crippen molar-refractivity contribution in [1.29, 1.82) is 0 Å². The summed E-state index contributed by atoms with van der Waals surface area (Å²) < 4.78 is 1.14. The van der Waals surface area contributed by atoms with Gasteiger partial charge in [-0.05, 0) is 30.5 Å². The normalized spacial score (nSPS) is 16.9. The third-order valence-electron chi connectivity index (χ3n) is 4.10. The predicted molar refractivity (Wildman–Crippen MR) is 87.9 cm³/mol. The van der Waals surface area contributed by atoms with Crippen LogP contribution in [0.5, 0.6) is 0 Å². The lowest BCUT2D eigenvalue weighted by Gasteiger charge is -2.43. The van der Waals surface area contributed by atoms with Gasteiger partial charge in [0.1, 0.15) is 0 Å². The molecule has 1 aromatic heterocycles. The Labute approximate surface area is 131 Å². The Bertz CT molecular complexity index is 575. The van der Waals surface area contributed by atoms with Gasteiger partial charge in [0.05, 0.1) is 0 Å². The van der Waals surface area contributed by atoms with Gasteiger partial charge in [0.2, 0.25) is 0 Å². The molecule has 0 unspecified atom stereocenters. The molecule has 1 aromatic carbocycles. The maximum atomic E-state index is 5.65. The average molecular weight is 352 g/mol. The second kappa shape index (κ2) is 5.84. The molecule has 0 atom stereocenters. The monoisotopic (exact) mass is 351 g/mol. The molecule has 1 heterocycles. The van der Waals surface area contributed by atoms with E-state index in [9.17, 15) is 0 Å². The highest BCUT2D eigenvalue weighted by molar-refractivity contribution is 9.10. The van der Waals surface area contributed by atoms with Gasteiger partial charge in [-0.2, -0.15) is 0 Å². The van der Waals surface area contributed by atoms with Crippen LogP contribution < -0.4 is 11.1 Å². The third-order valence-corrected chi connectivity index (χ3v) is 5.46. The van der Waals surface area contributed by atoms with Gasteiger partial charge in [-0.15, -0.1) is 11.3 Å². The minimum atomic E-state index is 0.316. The van der Waals surface area contributed by atoms with Crippen molar-refractivity contribution in [2.75, 3.05) is 12.3 Å². The summed E-state index contributed by atoms with van der Waals surface area (Å²) in [4.78, 5) is 5.29. The molecule has 106 valence electrons. The second-order valence-corrected chi connectivity index (χ2v) is 7.47. The van der Waals surface area contributed by atoms with E-state index < -0.39 is 0 Å². The van der Waals surface area contributed by atoms with Gasteiger partial charge in [0.25, 0.3) is 0 Å². The number of anilines is 1. The second-order valence-electron chi connectivity index (χ2n) is 5.41. The number of nitrogens with zero attached hydrogens (tertiary/aromatic N) is 1. The number of thiazole rings is 1. The first-order valence-electron chi connectivity index (χ1n) is 6.85. The summed E-state index contributed by atoms with van der Waals surface area (Å²) >= 11 is 5.06. The minimum absolute atomic E-state index is 0.316. The van der Waals surface area contributed by atoms with Crippen LogP contribution in [-0.2, 0) is 12.0 Å². The predicted octanol–water partition coefficient (Wildman–Crippen LogP) is 3.70. The number of benzene rings is 1. The number of nitrogens with one attached hydrogen (secondary N) is 1. The summed E-state index contributed by atoms with van der Waals surface area (Å²) in [6.45, 7) is 1.87. The average Bonchev–Trinajstić information content (AvgIpc) is 2.80. The molecule has 5 heteroatoms. The van der Waals surface area contributed by atoms with Gasteiger partial charge in [0, 0.05) is 34.1 Å². The molecule has 0 aliphatic heterocycles. The van der Waals surface area contributed by atoms with Crippen LogP contribution in [0.15, 0.2) is 34.9 Å². The number of nitrogens with two attached hydrogens (primary N) is 1. The third kappa shape index (κ3) is 2.90. The molecule has 0 saturated heterocycles. The van der Waals surface area contributed by atoms with E-state index in [-0.39, 0.29) is 0 Å². The van der Waals surface area contributed by atoms with Crippen molar-refractivity contribution in [1.82, 2.24) is 10.3 Å². The smallest absolute Gasteiger partial charge is 0.180 e. The van der Waals surface area contributed by atoms with Crippen molar-refractivity contribution in [3.8, 4) is 0 Å². The van der Waals surface area contributed by atoms with E-state index in [0.29, 0.717) is 10.5 Å². The molecule has 0 radical (unpaired) electrons. The highest BCUT2D eigenvalue weighted by Crippen LogP contribution is 2.43. The van der Waals surface area contributed by atoms with Crippen LogP contribution in [0.1, 0.15) is 29.7 Å². The molecule has 3 N–H and O–H groups in total. The lowest BCUT2D eigenvalue weighted by atomic mass is 9.64. The minimum Gasteiger partial charge on any atom is -0.375 e. The van der Waals surface area contributed by atoms with Crippen LogP contribution in [0, 0.1) is 0 Å². The Morgan fingerprint density at radius 1 is 1.30 bits per heavy atom. The van der Waals surface area contributed by atoms with Crippen LogP contribution in [-0.4, -0.2) is 11.5 Å². The summed E-state index contributed by atoms with van der Waals surface area (Å²) in [5.74, 6) is 0. The van der Waals surface area contributed by atoms with E-state index in [0.717, 1.165) is 17.6 Å². The van der Waals surface area contributed by atoms with E-state index in [1.807, 2.05) is 6.20 Å². The van der Waals surface area contributed by atoms with Gasteiger partial charge in [-0.25, -0.2) is 4.98 Å². The molecular weight excluding hydrogens is 334 g/mol. The first-order chi connectivity index (χ1) is 9.68. The van der Waals surface area contributed by atoms with E-state index in [1.165, 1.54) is 29.7 Å². The highest BCUT2D eigenvalue weighted by atomic mass is 79.9. The fourth-order valence-electron chi connectivity index (χ4n) is 2.80. The van der Waals surface area contributed by atoms with Gasteiger partial charge in [-0.3, -0.25) is 0 Å². The van der Waals surface area contributed by atoms with Crippen LogP contribution in [0.4, 0.5) is 5.13 Å². The number of aromatic nitrogens is 1. The quantitative estimate of drug-likeness (QED) is 0.863. The van der Waals surface area contributed by atoms with Crippen LogP contribution in [0.2, 0.25) is 0 Å². The maximum Gasteiger partial charge on any atom is 0.180 e. The molecule has 3 rings (SSSR count). The molecular formula is C15H18BrN3S. The number of nitrogen functional groups attached to an aromatic ring is 1. The Hall–Kier alpha value is -0.910. The van der Waals surface area contributed by atoms with Gasteiger partial charge in [0.15, 0.2) is 5.13 Å². The number of hydrogen-bond donors (Lipinski definition) is 2. The van der Waals surface area contributed by atoms with E-state index in [1.54, 1.807) is 11.3 Å². The van der Waals surface area contributed by atoms with Crippen molar-refractivity contribution < 1.29 is 0 Å². The van der Waals surface area contributed by atoms with E-state index in [4.69, 9.17) is 5.73 Å². The van der Waals surface area contributed by atoms with Crippen LogP contribution >= 0.6 is 27.3 Å². The van der Waals surface area contributed by atoms with Crippen LogP contribution in [0.3, 0.4) is 0 Å². The fraction of sp³-hybridized carbons (Fsp3) is 0.400. The lowest BCUT2D eigenvalue weighted by molar-refractivity contribution is 0.233. The standard InChI is InChI=1S/C15H18BrN3S/c16-12-4-2-11(3-5-12)15(6-1-7-15)10-18-8-13-9-19-14(17)20-13/h2-5,9,18H,1,6-8,10H2,(H2,17,19). The van der Waals surface area contributed by atoms with Crippen molar-refractivity contribution in [2.24, 2.45) is 0 Å². The lowest BCUT2D eigenvalue weighted by Crippen LogP contribution is -2.43. The van der Waals surface area contributed by atoms with Crippen LogP contribution in [0.25, 0.3) is 0 Å². The van der Waals surface area contributed by atoms with Crippen molar-refractivity contribution in [3.63, 3.8) is 0 Å². The summed E-state index contributed by atoms with van der Waals surface area (Å²) in [6.07, 6.45) is 5.73. The molecule has 20 heavy (non-hydrogen) atoms. The largest absolute Gasteiger partial charge is 0.375 e. The Kier molecular flexibility index (Phi) is 4.10. The molecule has 1 aliphatic rings. The topological polar surface area (TPSA) is 50.9 Å². The number of hydrogen-bond acceptors (Lipinski definition) is 4. The van der Waals surface area contributed by atoms with Crippen molar-refractivity contribution in [3.05, 3.63) is 45.4 Å². The summed E-state index contributed by atoms with van der Waals surface area (Å²) in [5, 5.41) is 4.22. The summed E-state index contributed by atoms with van der Waals surface area (Å²) in [5.41, 5.74) is 7.42. The molecule has 0 spiro atoms. The van der Waals surface area contributed by atoms with Gasteiger partial charge in [-0.1, -0.05) is 34.5 Å². The Balaban J connectivity index is 1.63. The van der Waals surface area contributed by atoms with Gasteiger partial charge >= 0.3 is 0 Å². The molecule has 0 bridgehead atoms. The van der Waals surface area contributed by atoms with Crippen molar-refractivity contribution in [2.45, 2.75) is 31.2 Å².